The van der Waals surface area contributed by atoms with Crippen LogP contribution < -0.4 is 11.1 Å². The molecule has 0 saturated heterocycles. The lowest BCUT2D eigenvalue weighted by molar-refractivity contribution is -0.383. The number of alkyl carbamates (subject to hydrolysis) is 1. The van der Waals surface area contributed by atoms with Crippen molar-refractivity contribution in [3.8, 4) is 0 Å². The fraction of sp³-hybridized carbons (Fsp3) is 0.357. The van der Waals surface area contributed by atoms with E-state index in [9.17, 15) is 14.9 Å². The Kier molecular flexibility index (Phi) is 5.29. The molecular formula is C14H19N3O4. The Morgan fingerprint density at radius 2 is 2.14 bits per heavy atom. The molecule has 0 bridgehead atoms. The summed E-state index contributed by atoms with van der Waals surface area (Å²) in [5, 5.41) is 13.2. The molecule has 0 saturated carbocycles. The van der Waals surface area contributed by atoms with E-state index in [1.807, 2.05) is 0 Å². The second-order valence-electron chi connectivity index (χ2n) is 5.36. The van der Waals surface area contributed by atoms with Crippen LogP contribution >= 0.6 is 0 Å². The van der Waals surface area contributed by atoms with Crippen LogP contribution in [0.3, 0.4) is 0 Å². The van der Waals surface area contributed by atoms with Gasteiger partial charge in [-0.1, -0.05) is 12.2 Å². The lowest BCUT2D eigenvalue weighted by Gasteiger charge is -2.19. The molecule has 21 heavy (non-hydrogen) atoms. The van der Waals surface area contributed by atoms with Gasteiger partial charge < -0.3 is 15.8 Å². The van der Waals surface area contributed by atoms with Gasteiger partial charge in [-0.25, -0.2) is 4.79 Å². The highest BCUT2D eigenvalue weighted by molar-refractivity contribution is 5.68. The van der Waals surface area contributed by atoms with E-state index in [0.717, 1.165) is 0 Å². The van der Waals surface area contributed by atoms with Crippen LogP contribution in [0, 0.1) is 10.1 Å². The fourth-order valence-corrected chi connectivity index (χ4v) is 1.49. The monoisotopic (exact) mass is 293 g/mol. The Morgan fingerprint density at radius 3 is 2.67 bits per heavy atom. The molecule has 0 spiro atoms. The van der Waals surface area contributed by atoms with E-state index in [0.29, 0.717) is 5.56 Å². The number of nitrogen functional groups attached to an aromatic ring is 1. The topological polar surface area (TPSA) is 107 Å². The molecule has 1 rings (SSSR count). The molecule has 0 radical (unpaired) electrons. The minimum atomic E-state index is -0.541. The van der Waals surface area contributed by atoms with Crippen molar-refractivity contribution in [3.05, 3.63) is 40.0 Å². The van der Waals surface area contributed by atoms with E-state index in [4.69, 9.17) is 10.5 Å². The van der Waals surface area contributed by atoms with E-state index in [2.05, 4.69) is 5.32 Å². The Balaban J connectivity index is 2.53. The summed E-state index contributed by atoms with van der Waals surface area (Å²) in [6, 6.07) is 4.43. The molecule has 0 aliphatic carbocycles. The number of benzene rings is 1. The predicted octanol–water partition coefficient (Wildman–Crippen LogP) is 2.71. The number of ether oxygens (including phenoxy) is 1. The van der Waals surface area contributed by atoms with E-state index < -0.39 is 16.6 Å². The smallest absolute Gasteiger partial charge is 0.407 e. The number of nitro benzene ring substituents is 1. The van der Waals surface area contributed by atoms with Crippen molar-refractivity contribution in [2.24, 2.45) is 0 Å². The maximum absolute atomic E-state index is 11.4. The van der Waals surface area contributed by atoms with Gasteiger partial charge in [-0.15, -0.1) is 0 Å². The summed E-state index contributed by atoms with van der Waals surface area (Å²) in [5.41, 5.74) is 5.72. The lowest BCUT2D eigenvalue weighted by atomic mass is 10.1. The number of amides is 1. The molecule has 0 aliphatic heterocycles. The minimum Gasteiger partial charge on any atom is -0.444 e. The summed E-state index contributed by atoms with van der Waals surface area (Å²) < 4.78 is 5.07. The van der Waals surface area contributed by atoms with Crippen LogP contribution in [0.2, 0.25) is 0 Å². The molecule has 7 heteroatoms. The second-order valence-corrected chi connectivity index (χ2v) is 5.36. The second kappa shape index (κ2) is 6.74. The SMILES string of the molecule is CC(C)(C)OC(=O)NCC=Cc1ccc([N+](=O)[O-])c(N)c1. The van der Waals surface area contributed by atoms with Gasteiger partial charge in [-0.2, -0.15) is 0 Å². The number of anilines is 1. The number of nitrogens with two attached hydrogens (primary N) is 1. The first-order chi connectivity index (χ1) is 9.69. The summed E-state index contributed by atoms with van der Waals surface area (Å²) in [6.45, 7) is 5.62. The van der Waals surface area contributed by atoms with Crippen LogP contribution in [0.25, 0.3) is 6.08 Å². The van der Waals surface area contributed by atoms with Gasteiger partial charge in [-0.05, 0) is 38.5 Å². The van der Waals surface area contributed by atoms with Gasteiger partial charge in [0.2, 0.25) is 0 Å². The number of rotatable bonds is 4. The first-order valence-corrected chi connectivity index (χ1v) is 6.36. The Morgan fingerprint density at radius 1 is 1.48 bits per heavy atom. The number of hydrogen-bond donors (Lipinski definition) is 2. The normalized spacial score (nSPS) is 11.4. The van der Waals surface area contributed by atoms with Crippen LogP contribution in [-0.4, -0.2) is 23.2 Å². The van der Waals surface area contributed by atoms with Crippen molar-refractivity contribution in [1.29, 1.82) is 0 Å². The van der Waals surface area contributed by atoms with Gasteiger partial charge in [-0.3, -0.25) is 10.1 Å². The lowest BCUT2D eigenvalue weighted by Crippen LogP contribution is -2.32. The zero-order valence-electron chi connectivity index (χ0n) is 12.3. The average molecular weight is 293 g/mol. The molecule has 7 nitrogen and oxygen atoms in total. The highest BCUT2D eigenvalue weighted by Gasteiger charge is 2.15. The largest absolute Gasteiger partial charge is 0.444 e. The maximum atomic E-state index is 11.4. The van der Waals surface area contributed by atoms with Crippen LogP contribution in [0.1, 0.15) is 26.3 Å². The Hall–Kier alpha value is -2.57. The standard InChI is InChI=1S/C14H19N3O4/c1-14(2,3)21-13(18)16-8-4-5-10-6-7-12(17(19)20)11(15)9-10/h4-7,9H,8,15H2,1-3H3,(H,16,18). The number of nitrogens with zero attached hydrogens (tertiary/aromatic N) is 1. The van der Waals surface area contributed by atoms with Crippen LogP contribution in [0.4, 0.5) is 16.2 Å². The first-order valence-electron chi connectivity index (χ1n) is 6.36. The fourth-order valence-electron chi connectivity index (χ4n) is 1.49. The molecule has 0 unspecified atom stereocenters. The van der Waals surface area contributed by atoms with Crippen molar-refractivity contribution in [2.45, 2.75) is 26.4 Å². The molecular weight excluding hydrogens is 274 g/mol. The van der Waals surface area contributed by atoms with Gasteiger partial charge in [0.05, 0.1) is 4.92 Å². The average Bonchev–Trinajstić information content (AvgIpc) is 2.32. The molecule has 1 aromatic rings. The Bertz CT molecular complexity index is 562. The first kappa shape index (κ1) is 16.5. The van der Waals surface area contributed by atoms with Crippen molar-refractivity contribution in [2.75, 3.05) is 12.3 Å². The number of carbonyl (C=O) groups is 1. The summed E-state index contributed by atoms with van der Waals surface area (Å²) in [5.74, 6) is 0. The molecule has 0 atom stereocenters. The molecule has 0 aliphatic rings. The van der Waals surface area contributed by atoms with Crippen molar-refractivity contribution in [3.63, 3.8) is 0 Å². The number of nitrogens with one attached hydrogen (secondary N) is 1. The summed E-state index contributed by atoms with van der Waals surface area (Å²) >= 11 is 0. The molecule has 1 aromatic carbocycles. The zero-order valence-corrected chi connectivity index (χ0v) is 12.3. The number of carbonyl (C=O) groups excluding carboxylic acids is 1. The summed E-state index contributed by atoms with van der Waals surface area (Å²) in [6.07, 6.45) is 2.90. The van der Waals surface area contributed by atoms with Gasteiger partial charge >= 0.3 is 6.09 Å². The van der Waals surface area contributed by atoms with Crippen molar-refractivity contribution in [1.82, 2.24) is 5.32 Å². The molecule has 3 N–H and O–H groups in total. The number of hydrogen-bond acceptors (Lipinski definition) is 5. The molecule has 0 fully saturated rings. The molecule has 1 amide bonds. The van der Waals surface area contributed by atoms with Crippen LogP contribution in [-0.2, 0) is 4.74 Å². The van der Waals surface area contributed by atoms with Gasteiger partial charge in [0.25, 0.3) is 5.69 Å². The third kappa shape index (κ3) is 5.94. The predicted molar refractivity (Wildman–Crippen MR) is 80.8 cm³/mol. The van der Waals surface area contributed by atoms with Gasteiger partial charge in [0.1, 0.15) is 11.3 Å². The third-order valence-corrected chi connectivity index (χ3v) is 2.32. The summed E-state index contributed by atoms with van der Waals surface area (Å²) in [7, 11) is 0. The van der Waals surface area contributed by atoms with Gasteiger partial charge in [0, 0.05) is 12.6 Å². The van der Waals surface area contributed by atoms with Crippen molar-refractivity contribution >= 4 is 23.5 Å². The van der Waals surface area contributed by atoms with E-state index in [-0.39, 0.29) is 17.9 Å². The highest BCUT2D eigenvalue weighted by Crippen LogP contribution is 2.22. The van der Waals surface area contributed by atoms with Gasteiger partial charge in [0.15, 0.2) is 0 Å². The minimum absolute atomic E-state index is 0.0993. The quantitative estimate of drug-likeness (QED) is 0.504. The third-order valence-electron chi connectivity index (χ3n) is 2.32. The summed E-state index contributed by atoms with van der Waals surface area (Å²) in [4.78, 5) is 21.5. The van der Waals surface area contributed by atoms with Crippen LogP contribution in [0.15, 0.2) is 24.3 Å². The number of nitro groups is 1. The van der Waals surface area contributed by atoms with E-state index in [1.54, 1.807) is 39.0 Å². The van der Waals surface area contributed by atoms with E-state index >= 15 is 0 Å². The van der Waals surface area contributed by atoms with Crippen LogP contribution in [0.5, 0.6) is 0 Å². The Labute approximate surface area is 122 Å². The zero-order chi connectivity index (χ0) is 16.0. The van der Waals surface area contributed by atoms with E-state index in [1.165, 1.54) is 12.1 Å². The molecule has 0 heterocycles. The maximum Gasteiger partial charge on any atom is 0.407 e. The van der Waals surface area contributed by atoms with Crippen molar-refractivity contribution < 1.29 is 14.5 Å². The molecule has 0 aromatic heterocycles. The molecule has 114 valence electrons. The highest BCUT2D eigenvalue weighted by atomic mass is 16.6.